The summed E-state index contributed by atoms with van der Waals surface area (Å²) >= 11 is 0. The molecular formula is C14H18F3N3O2. The summed E-state index contributed by atoms with van der Waals surface area (Å²) < 4.78 is 39.0. The van der Waals surface area contributed by atoms with Gasteiger partial charge in [0, 0.05) is 24.7 Å². The van der Waals surface area contributed by atoms with Gasteiger partial charge in [-0.3, -0.25) is 4.79 Å². The van der Waals surface area contributed by atoms with Gasteiger partial charge in [0.2, 0.25) is 5.95 Å². The Labute approximate surface area is 126 Å². The second-order valence-electron chi connectivity index (χ2n) is 6.49. The summed E-state index contributed by atoms with van der Waals surface area (Å²) in [6.45, 7) is 5.12. The fraction of sp³-hybridized carbons (Fsp3) is 0.643. The second kappa shape index (κ2) is 5.40. The summed E-state index contributed by atoms with van der Waals surface area (Å²) in [5, 5.41) is 9.03. The molecule has 0 amide bonds. The van der Waals surface area contributed by atoms with E-state index in [0.29, 0.717) is 5.69 Å². The molecule has 1 aromatic rings. The zero-order valence-corrected chi connectivity index (χ0v) is 12.6. The maximum Gasteiger partial charge on any atom is 0.394 e. The van der Waals surface area contributed by atoms with Gasteiger partial charge in [0.05, 0.1) is 17.5 Å². The Morgan fingerprint density at radius 1 is 1.32 bits per heavy atom. The Morgan fingerprint density at radius 2 is 1.95 bits per heavy atom. The van der Waals surface area contributed by atoms with Crippen LogP contribution < -0.4 is 4.90 Å². The molecule has 2 atom stereocenters. The molecule has 0 aromatic carbocycles. The number of aromatic nitrogens is 2. The van der Waals surface area contributed by atoms with Crippen molar-refractivity contribution in [2.24, 2.45) is 11.8 Å². The number of hydrogen-bond acceptors (Lipinski definition) is 4. The molecule has 0 aliphatic carbocycles. The third-order valence-corrected chi connectivity index (χ3v) is 3.75. The van der Waals surface area contributed by atoms with Crippen LogP contribution in [0, 0.1) is 11.8 Å². The molecule has 0 unspecified atom stereocenters. The van der Waals surface area contributed by atoms with E-state index in [1.165, 1.54) is 11.1 Å². The summed E-state index contributed by atoms with van der Waals surface area (Å²) in [6.07, 6.45) is -3.07. The largest absolute Gasteiger partial charge is 0.481 e. The Kier molecular flexibility index (Phi) is 4.06. The average Bonchev–Trinajstić information content (AvgIpc) is 2.83. The van der Waals surface area contributed by atoms with Crippen LogP contribution in [0.4, 0.5) is 19.1 Å². The zero-order chi connectivity index (χ0) is 16.7. The van der Waals surface area contributed by atoms with Crippen LogP contribution in [0.25, 0.3) is 0 Å². The smallest absolute Gasteiger partial charge is 0.394 e. The lowest BCUT2D eigenvalue weighted by Crippen LogP contribution is -2.33. The fourth-order valence-corrected chi connectivity index (χ4v) is 2.47. The van der Waals surface area contributed by atoms with E-state index in [0.717, 1.165) is 0 Å². The van der Waals surface area contributed by atoms with E-state index >= 15 is 0 Å². The number of rotatable bonds is 2. The van der Waals surface area contributed by atoms with Crippen molar-refractivity contribution in [3.05, 3.63) is 18.0 Å². The Bertz CT molecular complexity index is 569. The van der Waals surface area contributed by atoms with Crippen molar-refractivity contribution in [3.63, 3.8) is 0 Å². The van der Waals surface area contributed by atoms with Gasteiger partial charge in [-0.2, -0.15) is 13.2 Å². The first-order chi connectivity index (χ1) is 10.00. The summed E-state index contributed by atoms with van der Waals surface area (Å²) in [5.74, 6) is -4.71. The van der Waals surface area contributed by atoms with Crippen molar-refractivity contribution >= 4 is 11.9 Å². The first-order valence-corrected chi connectivity index (χ1v) is 6.88. The van der Waals surface area contributed by atoms with Crippen LogP contribution in [0.1, 0.15) is 26.5 Å². The normalized spacial score (nSPS) is 22.9. The van der Waals surface area contributed by atoms with Gasteiger partial charge in [-0.1, -0.05) is 20.8 Å². The standard InChI is InChI=1S/C14H18F3N3O2/c1-13(2,3)10-4-5-18-12(19-10)20-6-8(11(21)22)9(7-20)14(15,16)17/h4-5,8-9H,6-7H2,1-3H3,(H,21,22)/t8-,9-/m1/s1. The van der Waals surface area contributed by atoms with Gasteiger partial charge in [-0.25, -0.2) is 9.97 Å². The topological polar surface area (TPSA) is 66.3 Å². The van der Waals surface area contributed by atoms with E-state index in [2.05, 4.69) is 9.97 Å². The van der Waals surface area contributed by atoms with Crippen molar-refractivity contribution in [2.75, 3.05) is 18.0 Å². The molecule has 8 heteroatoms. The van der Waals surface area contributed by atoms with Crippen molar-refractivity contribution < 1.29 is 23.1 Å². The highest BCUT2D eigenvalue weighted by molar-refractivity contribution is 5.72. The third-order valence-electron chi connectivity index (χ3n) is 3.75. The van der Waals surface area contributed by atoms with Crippen LogP contribution in [-0.4, -0.2) is 40.3 Å². The number of halogens is 3. The highest BCUT2D eigenvalue weighted by Gasteiger charge is 2.53. The van der Waals surface area contributed by atoms with E-state index in [4.69, 9.17) is 5.11 Å². The lowest BCUT2D eigenvalue weighted by molar-refractivity contribution is -0.187. The quantitative estimate of drug-likeness (QED) is 0.907. The molecule has 22 heavy (non-hydrogen) atoms. The van der Waals surface area contributed by atoms with Gasteiger partial charge in [-0.05, 0) is 6.07 Å². The zero-order valence-electron chi connectivity index (χ0n) is 12.6. The molecule has 5 nitrogen and oxygen atoms in total. The SMILES string of the molecule is CC(C)(C)c1ccnc(N2C[C@@H](C(F)(F)F)[C@H](C(=O)O)C2)n1. The molecule has 1 N–H and O–H groups in total. The average molecular weight is 317 g/mol. The summed E-state index contributed by atoms with van der Waals surface area (Å²) in [7, 11) is 0. The maximum atomic E-state index is 13.0. The number of hydrogen-bond donors (Lipinski definition) is 1. The van der Waals surface area contributed by atoms with E-state index in [-0.39, 0.29) is 17.9 Å². The van der Waals surface area contributed by atoms with Crippen molar-refractivity contribution in [1.82, 2.24) is 9.97 Å². The summed E-state index contributed by atoms with van der Waals surface area (Å²) in [4.78, 5) is 20.7. The predicted molar refractivity (Wildman–Crippen MR) is 73.6 cm³/mol. The predicted octanol–water partition coefficient (Wildman–Crippen LogP) is 2.47. The first-order valence-electron chi connectivity index (χ1n) is 6.88. The summed E-state index contributed by atoms with van der Waals surface area (Å²) in [5.41, 5.74) is 0.423. The number of carboxylic acids is 1. The van der Waals surface area contributed by atoms with Gasteiger partial charge in [-0.15, -0.1) is 0 Å². The van der Waals surface area contributed by atoms with Gasteiger partial charge >= 0.3 is 12.1 Å². The van der Waals surface area contributed by atoms with Crippen LogP contribution in [0.5, 0.6) is 0 Å². The lowest BCUT2D eigenvalue weighted by atomic mass is 9.92. The number of anilines is 1. The first kappa shape index (κ1) is 16.5. The molecule has 122 valence electrons. The molecular weight excluding hydrogens is 299 g/mol. The third kappa shape index (κ3) is 3.31. The van der Waals surface area contributed by atoms with E-state index in [1.807, 2.05) is 20.8 Å². The molecule has 0 spiro atoms. The van der Waals surface area contributed by atoms with Crippen molar-refractivity contribution in [1.29, 1.82) is 0 Å². The van der Waals surface area contributed by atoms with E-state index in [1.54, 1.807) is 6.07 Å². The monoisotopic (exact) mass is 317 g/mol. The minimum Gasteiger partial charge on any atom is -0.481 e. The van der Waals surface area contributed by atoms with E-state index < -0.39 is 30.5 Å². The summed E-state index contributed by atoms with van der Waals surface area (Å²) in [6, 6.07) is 1.70. The van der Waals surface area contributed by atoms with Gasteiger partial charge < -0.3 is 10.0 Å². The van der Waals surface area contributed by atoms with Crippen molar-refractivity contribution in [2.45, 2.75) is 32.4 Å². The minimum atomic E-state index is -4.56. The highest BCUT2D eigenvalue weighted by atomic mass is 19.4. The molecule has 0 bridgehead atoms. The Morgan fingerprint density at radius 3 is 2.41 bits per heavy atom. The van der Waals surface area contributed by atoms with Gasteiger partial charge in [0.25, 0.3) is 0 Å². The number of carboxylic acid groups (broad SMARTS) is 1. The van der Waals surface area contributed by atoms with Crippen LogP contribution >= 0.6 is 0 Å². The molecule has 0 radical (unpaired) electrons. The second-order valence-corrected chi connectivity index (χ2v) is 6.49. The molecule has 1 saturated heterocycles. The van der Waals surface area contributed by atoms with Gasteiger partial charge in [0.1, 0.15) is 0 Å². The Hall–Kier alpha value is -1.86. The number of nitrogens with zero attached hydrogens (tertiary/aromatic N) is 3. The van der Waals surface area contributed by atoms with Crippen LogP contribution in [-0.2, 0) is 10.2 Å². The molecule has 1 fully saturated rings. The Balaban J connectivity index is 2.30. The molecule has 1 aliphatic heterocycles. The lowest BCUT2D eigenvalue weighted by Gasteiger charge is -2.21. The maximum absolute atomic E-state index is 13.0. The van der Waals surface area contributed by atoms with Crippen molar-refractivity contribution in [3.8, 4) is 0 Å². The number of carbonyl (C=O) groups is 1. The highest BCUT2D eigenvalue weighted by Crippen LogP contribution is 2.38. The molecule has 1 aromatic heterocycles. The van der Waals surface area contributed by atoms with E-state index in [9.17, 15) is 18.0 Å². The fourth-order valence-electron chi connectivity index (χ4n) is 2.47. The van der Waals surface area contributed by atoms with Gasteiger partial charge in [0.15, 0.2) is 0 Å². The molecule has 2 rings (SSSR count). The molecule has 0 saturated carbocycles. The van der Waals surface area contributed by atoms with Crippen LogP contribution in [0.15, 0.2) is 12.3 Å². The molecule has 1 aliphatic rings. The number of aliphatic carboxylic acids is 1. The minimum absolute atomic E-state index is 0.144. The van der Waals surface area contributed by atoms with Crippen LogP contribution in [0.2, 0.25) is 0 Å². The number of alkyl halides is 3. The molecule has 2 heterocycles. The van der Waals surface area contributed by atoms with Crippen LogP contribution in [0.3, 0.4) is 0 Å².